The highest BCUT2D eigenvalue weighted by Gasteiger charge is 2.52. The van der Waals surface area contributed by atoms with E-state index in [0.717, 1.165) is 5.46 Å². The highest BCUT2D eigenvalue weighted by atomic mass is 16.7. The second kappa shape index (κ2) is 4.28. The van der Waals surface area contributed by atoms with Crippen LogP contribution in [0.2, 0.25) is 0 Å². The third-order valence-corrected chi connectivity index (χ3v) is 3.81. The van der Waals surface area contributed by atoms with Crippen LogP contribution in [-0.4, -0.2) is 28.2 Å². The number of aryl methyl sites for hydroxylation is 1. The van der Waals surface area contributed by atoms with Crippen LogP contribution in [0.25, 0.3) is 0 Å². The lowest BCUT2D eigenvalue weighted by Gasteiger charge is -2.32. The lowest BCUT2D eigenvalue weighted by Crippen LogP contribution is -2.41. The van der Waals surface area contributed by atoms with Gasteiger partial charge < -0.3 is 19.4 Å². The van der Waals surface area contributed by atoms with Gasteiger partial charge in [-0.3, -0.25) is 0 Å². The van der Waals surface area contributed by atoms with Crippen LogP contribution in [0.4, 0.5) is 5.82 Å². The van der Waals surface area contributed by atoms with Crippen molar-refractivity contribution < 1.29 is 14.2 Å². The minimum absolute atomic E-state index is 0.169. The van der Waals surface area contributed by atoms with Crippen LogP contribution in [-0.2, 0) is 9.31 Å². The maximum atomic E-state index is 10.7. The molecule has 2 rings (SSSR count). The zero-order valence-corrected chi connectivity index (χ0v) is 11.8. The van der Waals surface area contributed by atoms with Gasteiger partial charge in [0.25, 0.3) is 0 Å². The van der Waals surface area contributed by atoms with E-state index in [-0.39, 0.29) is 5.82 Å². The van der Waals surface area contributed by atoms with Crippen molar-refractivity contribution in [2.75, 3.05) is 0 Å². The first-order valence-corrected chi connectivity index (χ1v) is 6.11. The van der Waals surface area contributed by atoms with Gasteiger partial charge in [-0.05, 0) is 43.7 Å². The minimum atomic E-state index is -0.543. The van der Waals surface area contributed by atoms with Crippen LogP contribution in [0.3, 0.4) is 0 Å². The molecule has 0 aliphatic carbocycles. The number of hydrogen-bond donors (Lipinski definition) is 0. The van der Waals surface area contributed by atoms with Crippen LogP contribution in [0, 0.1) is 17.0 Å². The monoisotopic (exact) mass is 264 g/mol. The van der Waals surface area contributed by atoms with E-state index < -0.39 is 23.2 Å². The van der Waals surface area contributed by atoms with E-state index in [1.807, 2.05) is 27.7 Å². The summed E-state index contributed by atoms with van der Waals surface area (Å²) in [4.78, 5) is 14.1. The molecule has 0 bridgehead atoms. The van der Waals surface area contributed by atoms with E-state index in [9.17, 15) is 10.1 Å². The Morgan fingerprint density at radius 2 is 1.74 bits per heavy atom. The van der Waals surface area contributed by atoms with Crippen molar-refractivity contribution in [2.45, 2.75) is 45.8 Å². The van der Waals surface area contributed by atoms with Crippen molar-refractivity contribution in [1.29, 1.82) is 0 Å². The van der Waals surface area contributed by atoms with Crippen molar-refractivity contribution in [1.82, 2.24) is 4.98 Å². The number of hydrogen-bond acceptors (Lipinski definition) is 5. The summed E-state index contributed by atoms with van der Waals surface area (Å²) in [5.41, 5.74) is 0.398. The maximum Gasteiger partial charge on any atom is 0.499 e. The van der Waals surface area contributed by atoms with Crippen molar-refractivity contribution in [3.63, 3.8) is 0 Å². The van der Waals surface area contributed by atoms with Crippen molar-refractivity contribution >= 4 is 18.4 Å². The Hall–Kier alpha value is -1.47. The molecule has 0 aromatic carbocycles. The van der Waals surface area contributed by atoms with E-state index >= 15 is 0 Å². The van der Waals surface area contributed by atoms with Crippen LogP contribution in [0.5, 0.6) is 0 Å². The quantitative estimate of drug-likeness (QED) is 0.460. The summed E-state index contributed by atoms with van der Waals surface area (Å²) in [5.74, 6) is -0.169. The molecule has 7 heteroatoms. The lowest BCUT2D eigenvalue weighted by atomic mass is 9.78. The molecule has 0 atom stereocenters. The number of rotatable bonds is 2. The SMILES string of the molecule is Cc1nc([N+](=O)[O-])ccc1B1OC(C)(C)C(C)(C)O1. The molecular weight excluding hydrogens is 247 g/mol. The average molecular weight is 264 g/mol. The van der Waals surface area contributed by atoms with Crippen molar-refractivity contribution in [2.24, 2.45) is 0 Å². The first-order valence-electron chi connectivity index (χ1n) is 6.11. The fourth-order valence-corrected chi connectivity index (χ4v) is 1.88. The molecule has 102 valence electrons. The Labute approximate surface area is 112 Å². The van der Waals surface area contributed by atoms with Crippen molar-refractivity contribution in [3.8, 4) is 0 Å². The first kappa shape index (κ1) is 14.0. The van der Waals surface area contributed by atoms with E-state index in [1.54, 1.807) is 13.0 Å². The van der Waals surface area contributed by atoms with E-state index in [0.29, 0.717) is 5.69 Å². The van der Waals surface area contributed by atoms with Gasteiger partial charge >= 0.3 is 12.9 Å². The highest BCUT2D eigenvalue weighted by molar-refractivity contribution is 6.62. The summed E-state index contributed by atoms with van der Waals surface area (Å²) in [6.45, 7) is 9.55. The van der Waals surface area contributed by atoms with Crippen LogP contribution < -0.4 is 5.46 Å². The van der Waals surface area contributed by atoms with E-state index in [4.69, 9.17) is 9.31 Å². The molecule has 0 unspecified atom stereocenters. The first-order chi connectivity index (χ1) is 8.64. The van der Waals surface area contributed by atoms with Gasteiger partial charge in [-0.2, -0.15) is 0 Å². The standard InChI is InChI=1S/C12H17BN2O4/c1-8-9(6-7-10(14-8)15(16)17)13-18-11(2,3)12(4,5)19-13/h6-7H,1-5H3. The summed E-state index contributed by atoms with van der Waals surface area (Å²) >= 11 is 0. The maximum absolute atomic E-state index is 10.7. The van der Waals surface area contributed by atoms with Crippen molar-refractivity contribution in [3.05, 3.63) is 27.9 Å². The molecule has 0 radical (unpaired) electrons. The smallest absolute Gasteiger partial charge is 0.399 e. The molecule has 0 spiro atoms. The van der Waals surface area contributed by atoms with Gasteiger partial charge in [-0.25, -0.2) is 0 Å². The molecule has 1 aliphatic rings. The summed E-state index contributed by atoms with van der Waals surface area (Å²) in [7, 11) is -0.543. The molecule has 0 N–H and O–H groups in total. The topological polar surface area (TPSA) is 74.5 Å². The molecule has 1 saturated heterocycles. The fraction of sp³-hybridized carbons (Fsp3) is 0.583. The van der Waals surface area contributed by atoms with Crippen LogP contribution in [0.1, 0.15) is 33.4 Å². The molecule has 0 amide bonds. The molecule has 6 nitrogen and oxygen atoms in total. The number of aromatic nitrogens is 1. The fourth-order valence-electron chi connectivity index (χ4n) is 1.88. The largest absolute Gasteiger partial charge is 0.499 e. The normalized spacial score (nSPS) is 20.6. The third-order valence-electron chi connectivity index (χ3n) is 3.81. The van der Waals surface area contributed by atoms with Crippen LogP contribution >= 0.6 is 0 Å². The molecule has 19 heavy (non-hydrogen) atoms. The molecule has 2 heterocycles. The second-order valence-corrected chi connectivity index (χ2v) is 5.69. The van der Waals surface area contributed by atoms with Crippen LogP contribution in [0.15, 0.2) is 12.1 Å². The molecule has 1 aromatic rings. The molecule has 1 aliphatic heterocycles. The predicted octanol–water partition coefficient (Wildman–Crippen LogP) is 1.60. The zero-order valence-electron chi connectivity index (χ0n) is 11.8. The number of pyridine rings is 1. The summed E-state index contributed by atoms with van der Waals surface area (Å²) in [5, 5.41) is 10.7. The molecular formula is C12H17BN2O4. The minimum Gasteiger partial charge on any atom is -0.399 e. The van der Waals surface area contributed by atoms with E-state index in [2.05, 4.69) is 4.98 Å². The van der Waals surface area contributed by atoms with Gasteiger partial charge in [0, 0.05) is 18.5 Å². The summed E-state index contributed by atoms with van der Waals surface area (Å²) < 4.78 is 11.8. The van der Waals surface area contributed by atoms with E-state index in [1.165, 1.54) is 6.07 Å². The predicted molar refractivity (Wildman–Crippen MR) is 71.3 cm³/mol. The van der Waals surface area contributed by atoms with Gasteiger partial charge in [0.1, 0.15) is 5.69 Å². The van der Waals surface area contributed by atoms with Gasteiger partial charge in [0.05, 0.1) is 11.2 Å². The Morgan fingerprint density at radius 1 is 1.21 bits per heavy atom. The average Bonchev–Trinajstić information content (AvgIpc) is 2.47. The van der Waals surface area contributed by atoms with Gasteiger partial charge in [-0.15, -0.1) is 0 Å². The third kappa shape index (κ3) is 2.35. The highest BCUT2D eigenvalue weighted by Crippen LogP contribution is 2.36. The van der Waals surface area contributed by atoms with Gasteiger partial charge in [-0.1, -0.05) is 0 Å². The lowest BCUT2D eigenvalue weighted by molar-refractivity contribution is -0.389. The molecule has 1 fully saturated rings. The zero-order chi connectivity index (χ0) is 14.4. The Kier molecular flexibility index (Phi) is 3.14. The number of nitro groups is 1. The molecule has 0 saturated carbocycles. The molecule has 1 aromatic heterocycles. The van der Waals surface area contributed by atoms with Gasteiger partial charge in [0.2, 0.25) is 0 Å². The van der Waals surface area contributed by atoms with Gasteiger partial charge in [0.15, 0.2) is 0 Å². The summed E-state index contributed by atoms with van der Waals surface area (Å²) in [6.07, 6.45) is 0. The summed E-state index contributed by atoms with van der Waals surface area (Å²) in [6, 6.07) is 3.01. The Bertz CT molecular complexity index is 514. The Balaban J connectivity index is 2.33. The second-order valence-electron chi connectivity index (χ2n) is 5.69. The number of nitrogens with zero attached hydrogens (tertiary/aromatic N) is 2. The Morgan fingerprint density at radius 3 is 2.16 bits per heavy atom.